The number of ether oxygens (including phenoxy) is 2. The van der Waals surface area contributed by atoms with Gasteiger partial charge < -0.3 is 18.8 Å². The zero-order valence-corrected chi connectivity index (χ0v) is 22.3. The molecule has 3 rings (SSSR count). The molecule has 0 aliphatic carbocycles. The quantitative estimate of drug-likeness (QED) is 0.239. The topological polar surface area (TPSA) is 120 Å². The van der Waals surface area contributed by atoms with E-state index in [-0.39, 0.29) is 16.2 Å². The molecular weight excluding hydrogens is 472 g/mol. The molecule has 0 aromatic heterocycles. The number of esters is 2. The van der Waals surface area contributed by atoms with E-state index in [0.29, 0.717) is 0 Å². The van der Waals surface area contributed by atoms with Crippen molar-refractivity contribution in [1.29, 1.82) is 0 Å². The van der Waals surface area contributed by atoms with Crippen molar-refractivity contribution in [3.8, 4) is 0 Å². The summed E-state index contributed by atoms with van der Waals surface area (Å²) in [6.45, 7) is 11.7. The van der Waals surface area contributed by atoms with Crippen molar-refractivity contribution in [2.75, 3.05) is 14.2 Å². The van der Waals surface area contributed by atoms with Crippen LogP contribution in [-0.2, 0) is 28.3 Å². The van der Waals surface area contributed by atoms with Gasteiger partial charge in [0.15, 0.2) is 26.4 Å². The van der Waals surface area contributed by atoms with Crippen LogP contribution in [0, 0.1) is 0 Å². The summed E-state index contributed by atoms with van der Waals surface area (Å²) in [7, 11) is -0.0872. The molecular formula is C24H32N2O8Si. The van der Waals surface area contributed by atoms with E-state index in [0.717, 1.165) is 16.9 Å². The highest BCUT2D eigenvalue weighted by molar-refractivity contribution is 6.74. The van der Waals surface area contributed by atoms with Crippen LogP contribution in [0.5, 0.6) is 0 Å². The molecule has 2 aliphatic rings. The highest BCUT2D eigenvalue weighted by Gasteiger charge is 2.63. The maximum absolute atomic E-state index is 13.5. The maximum atomic E-state index is 13.5. The second kappa shape index (κ2) is 9.19. The lowest BCUT2D eigenvalue weighted by molar-refractivity contribution is -0.184. The van der Waals surface area contributed by atoms with Gasteiger partial charge in [-0.2, -0.15) is 0 Å². The number of hydrogen-bond acceptors (Lipinski definition) is 8. The first-order valence-corrected chi connectivity index (χ1v) is 14.2. The Morgan fingerprint density at radius 1 is 0.971 bits per heavy atom. The van der Waals surface area contributed by atoms with E-state index in [9.17, 15) is 24.0 Å². The minimum Gasteiger partial charge on any atom is -0.467 e. The van der Waals surface area contributed by atoms with Crippen LogP contribution in [-0.4, -0.2) is 86.2 Å². The fourth-order valence-corrected chi connectivity index (χ4v) is 5.65. The van der Waals surface area contributed by atoms with Gasteiger partial charge >= 0.3 is 11.9 Å². The molecule has 190 valence electrons. The summed E-state index contributed by atoms with van der Waals surface area (Å²) in [6, 6.07) is 2.07. The minimum absolute atomic E-state index is 0.145. The lowest BCUT2D eigenvalue weighted by Gasteiger charge is -2.52. The average molecular weight is 505 g/mol. The van der Waals surface area contributed by atoms with Gasteiger partial charge in [0, 0.05) is 0 Å². The Balaban J connectivity index is 1.99. The van der Waals surface area contributed by atoms with E-state index in [4.69, 9.17) is 13.9 Å². The number of amides is 3. The molecule has 2 aliphatic heterocycles. The number of nitrogens with zero attached hydrogens (tertiary/aromatic N) is 2. The van der Waals surface area contributed by atoms with Crippen LogP contribution in [0.4, 0.5) is 0 Å². The third-order valence-corrected chi connectivity index (χ3v) is 11.7. The molecule has 0 saturated carbocycles. The monoisotopic (exact) mass is 504 g/mol. The Bertz CT molecular complexity index is 1040. The number of rotatable bonds is 7. The van der Waals surface area contributed by atoms with Gasteiger partial charge in [0.2, 0.25) is 5.91 Å². The Morgan fingerprint density at radius 3 is 1.91 bits per heavy atom. The van der Waals surface area contributed by atoms with Crippen LogP contribution in [0.2, 0.25) is 18.1 Å². The van der Waals surface area contributed by atoms with Crippen LogP contribution < -0.4 is 0 Å². The van der Waals surface area contributed by atoms with Crippen LogP contribution in [0.1, 0.15) is 48.4 Å². The molecule has 3 amide bonds. The van der Waals surface area contributed by atoms with Crippen molar-refractivity contribution in [2.45, 2.75) is 70.1 Å². The first kappa shape index (κ1) is 26.5. The summed E-state index contributed by atoms with van der Waals surface area (Å²) in [4.78, 5) is 67.0. The molecule has 1 aromatic carbocycles. The number of fused-ring (bicyclic) bond motifs is 1. The zero-order valence-electron chi connectivity index (χ0n) is 21.3. The van der Waals surface area contributed by atoms with Crippen LogP contribution in [0.3, 0.4) is 0 Å². The molecule has 10 nitrogen and oxygen atoms in total. The Labute approximate surface area is 205 Å². The van der Waals surface area contributed by atoms with Gasteiger partial charge in [-0.3, -0.25) is 19.3 Å². The molecule has 11 heteroatoms. The first-order chi connectivity index (χ1) is 16.2. The molecule has 1 fully saturated rings. The smallest absolute Gasteiger partial charge is 0.331 e. The number of imide groups is 1. The van der Waals surface area contributed by atoms with Crippen molar-refractivity contribution >= 4 is 38.0 Å². The standard InChI is InChI=1S/C24H32N2O8Si/c1-13(34-35(7,8)24(2,3)4)16(22(30)32-5)25-18(23(31)33-6)17(21(25)29)26-19(27)14-11-9-10-12-15(14)20(26)28/h9-13,16-18H,1-8H3/t13-,16+,17-,18-/m1/s1. The fourth-order valence-electron chi connectivity index (χ4n) is 4.24. The summed E-state index contributed by atoms with van der Waals surface area (Å²) in [5, 5.41) is -0.189. The molecule has 35 heavy (non-hydrogen) atoms. The highest BCUT2D eigenvalue weighted by atomic mass is 28.4. The summed E-state index contributed by atoms with van der Waals surface area (Å²) < 4.78 is 16.2. The lowest BCUT2D eigenvalue weighted by atomic mass is 9.89. The Morgan fingerprint density at radius 2 is 1.49 bits per heavy atom. The predicted octanol–water partition coefficient (Wildman–Crippen LogP) is 1.99. The lowest BCUT2D eigenvalue weighted by Crippen LogP contribution is -2.78. The second-order valence-electron chi connectivity index (χ2n) is 10.2. The molecule has 4 atom stereocenters. The number of carbonyl (C=O) groups is 5. The summed E-state index contributed by atoms with van der Waals surface area (Å²) in [6.07, 6.45) is -0.831. The SMILES string of the molecule is COC(=O)[C@H]([C@@H](C)O[Si](C)(C)C(C)(C)C)N1C(=O)[C@H](N2C(=O)c3ccccc3C2=O)[C@@H]1C(=O)OC. The summed E-state index contributed by atoms with van der Waals surface area (Å²) >= 11 is 0. The number of methoxy groups -OCH3 is 2. The van der Waals surface area contributed by atoms with Crippen molar-refractivity contribution < 1.29 is 37.9 Å². The van der Waals surface area contributed by atoms with Gasteiger partial charge in [0.25, 0.3) is 11.8 Å². The van der Waals surface area contributed by atoms with E-state index < -0.39 is 62.2 Å². The number of benzene rings is 1. The Hall–Kier alpha value is -3.05. The number of hydrogen-bond donors (Lipinski definition) is 0. The van der Waals surface area contributed by atoms with Crippen LogP contribution >= 0.6 is 0 Å². The van der Waals surface area contributed by atoms with Crippen molar-refractivity contribution in [3.05, 3.63) is 35.4 Å². The number of β-lactam (4-membered cyclic amide) rings is 1. The summed E-state index contributed by atoms with van der Waals surface area (Å²) in [5.41, 5.74) is 0.290. The summed E-state index contributed by atoms with van der Waals surface area (Å²) in [5.74, 6) is -3.75. The normalized spacial score (nSPS) is 21.9. The third kappa shape index (κ3) is 4.27. The van der Waals surface area contributed by atoms with Gasteiger partial charge in [-0.05, 0) is 37.2 Å². The molecule has 0 spiro atoms. The third-order valence-electron chi connectivity index (χ3n) is 7.13. The second-order valence-corrected chi connectivity index (χ2v) is 15.0. The minimum atomic E-state index is -2.39. The Kier molecular flexibility index (Phi) is 6.97. The predicted molar refractivity (Wildman–Crippen MR) is 127 cm³/mol. The van der Waals surface area contributed by atoms with E-state index in [2.05, 4.69) is 0 Å². The molecule has 2 heterocycles. The van der Waals surface area contributed by atoms with Gasteiger partial charge in [0.1, 0.15) is 0 Å². The van der Waals surface area contributed by atoms with E-state index in [1.54, 1.807) is 19.1 Å². The molecule has 0 N–H and O–H groups in total. The van der Waals surface area contributed by atoms with Crippen molar-refractivity contribution in [2.24, 2.45) is 0 Å². The van der Waals surface area contributed by atoms with E-state index in [1.807, 2.05) is 33.9 Å². The van der Waals surface area contributed by atoms with Crippen molar-refractivity contribution in [1.82, 2.24) is 9.80 Å². The van der Waals surface area contributed by atoms with Gasteiger partial charge in [-0.1, -0.05) is 32.9 Å². The van der Waals surface area contributed by atoms with Crippen LogP contribution in [0.15, 0.2) is 24.3 Å². The number of carbonyl (C=O) groups excluding carboxylic acids is 5. The molecule has 0 radical (unpaired) electrons. The largest absolute Gasteiger partial charge is 0.467 e. The molecule has 1 saturated heterocycles. The van der Waals surface area contributed by atoms with Crippen molar-refractivity contribution in [3.63, 3.8) is 0 Å². The van der Waals surface area contributed by atoms with Gasteiger partial charge in [-0.15, -0.1) is 0 Å². The zero-order chi connectivity index (χ0) is 26.5. The van der Waals surface area contributed by atoms with E-state index >= 15 is 0 Å². The average Bonchev–Trinajstić information content (AvgIpc) is 3.03. The fraction of sp³-hybridized carbons (Fsp3) is 0.542. The highest BCUT2D eigenvalue weighted by Crippen LogP contribution is 2.40. The maximum Gasteiger partial charge on any atom is 0.331 e. The first-order valence-electron chi connectivity index (χ1n) is 11.3. The molecule has 1 aromatic rings. The molecule has 0 unspecified atom stereocenters. The number of likely N-dealkylation sites (tertiary alicyclic amines) is 1. The van der Waals surface area contributed by atoms with Gasteiger partial charge in [0.05, 0.1) is 31.5 Å². The van der Waals surface area contributed by atoms with Gasteiger partial charge in [-0.25, -0.2) is 9.59 Å². The van der Waals surface area contributed by atoms with Crippen LogP contribution in [0.25, 0.3) is 0 Å². The molecule has 0 bridgehead atoms. The van der Waals surface area contributed by atoms with E-state index in [1.165, 1.54) is 19.2 Å².